The Hall–Kier alpha value is -2.08. The Kier molecular flexibility index (Phi) is 2.72. The van der Waals surface area contributed by atoms with E-state index < -0.39 is 5.97 Å². The van der Waals surface area contributed by atoms with Crippen molar-refractivity contribution < 1.29 is 9.53 Å². The number of esters is 1. The molecule has 0 spiro atoms. The lowest BCUT2D eigenvalue weighted by molar-refractivity contribution is 0.0597. The van der Waals surface area contributed by atoms with Crippen molar-refractivity contribution in [3.05, 3.63) is 29.8 Å². The van der Waals surface area contributed by atoms with Crippen LogP contribution in [0.25, 0.3) is 5.52 Å². The van der Waals surface area contributed by atoms with E-state index in [-0.39, 0.29) is 11.7 Å². The smallest absolute Gasteiger partial charge is 0.358 e. The molecule has 2 rings (SSSR count). The predicted molar refractivity (Wildman–Crippen MR) is 63.5 cm³/mol. The van der Waals surface area contributed by atoms with Gasteiger partial charge >= 0.3 is 5.97 Å². The zero-order chi connectivity index (χ0) is 12.6. The van der Waals surface area contributed by atoms with E-state index in [2.05, 4.69) is 9.72 Å². The van der Waals surface area contributed by atoms with Crippen molar-refractivity contribution in [3.63, 3.8) is 0 Å². The van der Waals surface area contributed by atoms with Crippen LogP contribution >= 0.6 is 0 Å². The quantitative estimate of drug-likeness (QED) is 0.746. The Morgan fingerprint density at radius 2 is 2.29 bits per heavy atom. The molecule has 1 unspecified atom stereocenters. The second kappa shape index (κ2) is 4.06. The summed E-state index contributed by atoms with van der Waals surface area (Å²) in [4.78, 5) is 15.8. The second-order valence-electron chi connectivity index (χ2n) is 3.81. The first kappa shape index (κ1) is 11.4. The Balaban J connectivity index is 2.75. The maximum Gasteiger partial charge on any atom is 0.358 e. The fraction of sp³-hybridized carbons (Fsp3) is 0.273. The van der Waals surface area contributed by atoms with Gasteiger partial charge in [-0.1, -0.05) is 0 Å². The Labute approximate surface area is 98.2 Å². The van der Waals surface area contributed by atoms with Crippen molar-refractivity contribution in [1.29, 1.82) is 0 Å². The van der Waals surface area contributed by atoms with Crippen molar-refractivity contribution >= 4 is 17.2 Å². The van der Waals surface area contributed by atoms with Gasteiger partial charge in [-0.3, -0.25) is 0 Å². The molecule has 2 aromatic heterocycles. The van der Waals surface area contributed by atoms with E-state index in [1.807, 2.05) is 0 Å². The van der Waals surface area contributed by atoms with E-state index in [1.54, 1.807) is 29.7 Å². The molecule has 0 saturated carbocycles. The van der Waals surface area contributed by atoms with Gasteiger partial charge in [-0.25, -0.2) is 9.78 Å². The highest BCUT2D eigenvalue weighted by Gasteiger charge is 2.19. The van der Waals surface area contributed by atoms with Crippen molar-refractivity contribution in [2.75, 3.05) is 12.8 Å². The second-order valence-corrected chi connectivity index (χ2v) is 3.81. The highest BCUT2D eigenvalue weighted by molar-refractivity contribution is 5.95. The van der Waals surface area contributed by atoms with E-state index in [0.717, 1.165) is 0 Å². The number of nitrogen functional groups attached to an aromatic ring is 1. The van der Waals surface area contributed by atoms with Gasteiger partial charge in [0.15, 0.2) is 5.69 Å². The monoisotopic (exact) mass is 234 g/mol. The van der Waals surface area contributed by atoms with Gasteiger partial charge in [0.2, 0.25) is 0 Å². The van der Waals surface area contributed by atoms with Crippen molar-refractivity contribution in [2.45, 2.75) is 13.0 Å². The summed E-state index contributed by atoms with van der Waals surface area (Å²) in [7, 11) is 1.31. The number of fused-ring (bicyclic) bond motifs is 1. The van der Waals surface area contributed by atoms with Crippen LogP contribution in [0.2, 0.25) is 0 Å². The molecular formula is C11H14N4O2. The number of hydrogen-bond donors (Lipinski definition) is 2. The van der Waals surface area contributed by atoms with Gasteiger partial charge < -0.3 is 20.6 Å². The van der Waals surface area contributed by atoms with Crippen molar-refractivity contribution in [3.8, 4) is 0 Å². The Morgan fingerprint density at radius 3 is 2.88 bits per heavy atom. The number of methoxy groups -OCH3 is 1. The van der Waals surface area contributed by atoms with Crippen LogP contribution in [-0.2, 0) is 4.74 Å². The first-order chi connectivity index (χ1) is 8.04. The minimum absolute atomic E-state index is 0.229. The number of rotatable bonds is 2. The lowest BCUT2D eigenvalue weighted by Crippen LogP contribution is -2.10. The number of nitrogens with zero attached hydrogens (tertiary/aromatic N) is 2. The van der Waals surface area contributed by atoms with Gasteiger partial charge in [0.1, 0.15) is 5.82 Å². The molecule has 90 valence electrons. The lowest BCUT2D eigenvalue weighted by Gasteiger charge is -2.03. The average molecular weight is 234 g/mol. The fourth-order valence-corrected chi connectivity index (χ4v) is 1.69. The number of nitrogens with two attached hydrogens (primary N) is 2. The van der Waals surface area contributed by atoms with Crippen molar-refractivity contribution in [2.24, 2.45) is 5.73 Å². The van der Waals surface area contributed by atoms with Crippen LogP contribution in [0.4, 0.5) is 5.69 Å². The highest BCUT2D eigenvalue weighted by Crippen LogP contribution is 2.20. The summed E-state index contributed by atoms with van der Waals surface area (Å²) >= 11 is 0. The summed E-state index contributed by atoms with van der Waals surface area (Å²) in [6.45, 7) is 1.80. The number of pyridine rings is 1. The van der Waals surface area contributed by atoms with E-state index >= 15 is 0 Å². The van der Waals surface area contributed by atoms with Crippen LogP contribution in [0, 0.1) is 0 Å². The summed E-state index contributed by atoms with van der Waals surface area (Å²) in [5, 5.41) is 0. The van der Waals surface area contributed by atoms with Gasteiger partial charge in [0.05, 0.1) is 18.7 Å². The number of hydrogen-bond acceptors (Lipinski definition) is 5. The van der Waals surface area contributed by atoms with Gasteiger partial charge in [-0.2, -0.15) is 0 Å². The number of ether oxygens (including phenoxy) is 1. The summed E-state index contributed by atoms with van der Waals surface area (Å²) in [5.41, 5.74) is 12.9. The molecule has 4 N–H and O–H groups in total. The zero-order valence-electron chi connectivity index (χ0n) is 9.68. The highest BCUT2D eigenvalue weighted by atomic mass is 16.5. The molecule has 2 aromatic rings. The molecule has 1 atom stereocenters. The first-order valence-corrected chi connectivity index (χ1v) is 5.16. The largest absolute Gasteiger partial charge is 0.464 e. The topological polar surface area (TPSA) is 95.6 Å². The summed E-state index contributed by atoms with van der Waals surface area (Å²) in [5.74, 6) is 0.0976. The molecule has 6 nitrogen and oxygen atoms in total. The number of anilines is 1. The van der Waals surface area contributed by atoms with Crippen LogP contribution in [-0.4, -0.2) is 22.5 Å². The Bertz CT molecular complexity index is 574. The van der Waals surface area contributed by atoms with E-state index in [4.69, 9.17) is 11.5 Å². The predicted octanol–water partition coefficient (Wildman–Crippen LogP) is 0.723. The van der Waals surface area contributed by atoms with Gasteiger partial charge in [-0.15, -0.1) is 0 Å². The van der Waals surface area contributed by atoms with Gasteiger partial charge in [0.25, 0.3) is 0 Å². The molecular weight excluding hydrogens is 220 g/mol. The summed E-state index contributed by atoms with van der Waals surface area (Å²) < 4.78 is 6.42. The molecule has 0 saturated heterocycles. The molecule has 0 aromatic carbocycles. The molecule has 0 fully saturated rings. The molecule has 0 aliphatic heterocycles. The summed E-state index contributed by atoms with van der Waals surface area (Å²) in [6, 6.07) is 3.11. The fourth-order valence-electron chi connectivity index (χ4n) is 1.69. The van der Waals surface area contributed by atoms with Gasteiger partial charge in [-0.05, 0) is 19.1 Å². The molecule has 0 aliphatic carbocycles. The van der Waals surface area contributed by atoms with E-state index in [1.165, 1.54) is 7.11 Å². The normalized spacial score (nSPS) is 12.6. The molecule has 0 bridgehead atoms. The van der Waals surface area contributed by atoms with E-state index in [9.17, 15) is 4.79 Å². The number of carbonyl (C=O) groups is 1. The SMILES string of the molecule is COC(=O)c1nc(C(C)N)n2ccc(N)cc12. The minimum atomic E-state index is -0.500. The molecule has 6 heteroatoms. The molecule has 17 heavy (non-hydrogen) atoms. The Morgan fingerprint density at radius 1 is 1.59 bits per heavy atom. The number of imidazole rings is 1. The third kappa shape index (κ3) is 1.83. The third-order valence-corrected chi connectivity index (χ3v) is 2.48. The maximum absolute atomic E-state index is 11.6. The zero-order valence-corrected chi connectivity index (χ0v) is 9.68. The molecule has 2 heterocycles. The van der Waals surface area contributed by atoms with Gasteiger partial charge in [0, 0.05) is 11.9 Å². The standard InChI is InChI=1S/C11H14N4O2/c1-6(12)10-14-9(11(16)17-2)8-5-7(13)3-4-15(8)10/h3-6H,12-13H2,1-2H3. The van der Waals surface area contributed by atoms with E-state index in [0.29, 0.717) is 17.0 Å². The minimum Gasteiger partial charge on any atom is -0.464 e. The number of aromatic nitrogens is 2. The third-order valence-electron chi connectivity index (χ3n) is 2.48. The van der Waals surface area contributed by atoms with Crippen LogP contribution in [0.15, 0.2) is 18.3 Å². The van der Waals surface area contributed by atoms with Crippen LogP contribution in [0.5, 0.6) is 0 Å². The molecule has 0 amide bonds. The van der Waals surface area contributed by atoms with Crippen LogP contribution in [0.1, 0.15) is 29.3 Å². The van der Waals surface area contributed by atoms with Crippen LogP contribution in [0.3, 0.4) is 0 Å². The average Bonchev–Trinajstić information content (AvgIpc) is 2.66. The first-order valence-electron chi connectivity index (χ1n) is 5.16. The van der Waals surface area contributed by atoms with Crippen molar-refractivity contribution in [1.82, 2.24) is 9.38 Å². The summed E-state index contributed by atoms with van der Waals surface area (Å²) in [6.07, 6.45) is 1.74. The maximum atomic E-state index is 11.6. The van der Waals surface area contributed by atoms with Crippen LogP contribution < -0.4 is 11.5 Å². The molecule has 0 radical (unpaired) electrons. The number of carbonyl (C=O) groups excluding carboxylic acids is 1. The molecule has 0 aliphatic rings. The lowest BCUT2D eigenvalue weighted by atomic mass is 10.3.